The molecule has 0 unspecified atom stereocenters. The topological polar surface area (TPSA) is 66.9 Å². The number of anilines is 2. The van der Waals surface area contributed by atoms with Crippen molar-refractivity contribution < 1.29 is 18.7 Å². The lowest BCUT2D eigenvalue weighted by Crippen LogP contribution is -2.44. The Morgan fingerprint density at radius 3 is 2.36 bits per heavy atom. The van der Waals surface area contributed by atoms with Crippen molar-refractivity contribution in [2.45, 2.75) is 39.7 Å². The molecule has 39 heavy (non-hydrogen) atoms. The number of amides is 1. The highest BCUT2D eigenvalue weighted by atomic mass is 19.1. The number of pyridine rings is 1. The average molecular weight is 533 g/mol. The van der Waals surface area contributed by atoms with Crippen molar-refractivity contribution >= 4 is 17.3 Å². The highest BCUT2D eigenvalue weighted by Crippen LogP contribution is 2.34. The van der Waals surface area contributed by atoms with Crippen LogP contribution >= 0.6 is 0 Å². The van der Waals surface area contributed by atoms with Gasteiger partial charge in [-0.05, 0) is 80.4 Å². The minimum absolute atomic E-state index is 0.0183. The summed E-state index contributed by atoms with van der Waals surface area (Å²) in [6, 6.07) is 12.9. The van der Waals surface area contributed by atoms with Crippen molar-refractivity contribution in [3.63, 3.8) is 0 Å². The Hall–Kier alpha value is -3.49. The van der Waals surface area contributed by atoms with Crippen LogP contribution in [0, 0.1) is 26.7 Å². The quantitative estimate of drug-likeness (QED) is 0.431. The molecular formula is C31H37FN4O3. The molecule has 1 aromatic heterocycles. The van der Waals surface area contributed by atoms with Crippen LogP contribution in [0.25, 0.3) is 11.1 Å². The van der Waals surface area contributed by atoms with Crippen molar-refractivity contribution in [3.8, 4) is 17.0 Å². The van der Waals surface area contributed by atoms with Crippen molar-refractivity contribution in [1.29, 1.82) is 0 Å². The molecule has 0 aliphatic carbocycles. The van der Waals surface area contributed by atoms with E-state index >= 15 is 4.39 Å². The summed E-state index contributed by atoms with van der Waals surface area (Å²) in [6.45, 7) is 10.9. The maximum absolute atomic E-state index is 15.3. The Labute approximate surface area is 229 Å². The van der Waals surface area contributed by atoms with Gasteiger partial charge in [-0.2, -0.15) is 9.37 Å². The average Bonchev–Trinajstić information content (AvgIpc) is 2.92. The highest BCUT2D eigenvalue weighted by molar-refractivity contribution is 6.06. The molecule has 0 saturated carbocycles. The van der Waals surface area contributed by atoms with Crippen LogP contribution in [0.5, 0.6) is 5.88 Å². The largest absolute Gasteiger partial charge is 0.474 e. The Morgan fingerprint density at radius 1 is 1.00 bits per heavy atom. The molecule has 3 aromatic rings. The third kappa shape index (κ3) is 6.23. The third-order valence-electron chi connectivity index (χ3n) is 7.87. The first-order chi connectivity index (χ1) is 18.8. The molecule has 1 N–H and O–H groups in total. The van der Waals surface area contributed by atoms with Crippen molar-refractivity contribution in [2.24, 2.45) is 0 Å². The summed E-state index contributed by atoms with van der Waals surface area (Å²) in [6.07, 6.45) is 1.51. The number of hydrogen-bond acceptors (Lipinski definition) is 6. The van der Waals surface area contributed by atoms with Gasteiger partial charge in [0, 0.05) is 56.2 Å². The highest BCUT2D eigenvalue weighted by Gasteiger charge is 2.21. The van der Waals surface area contributed by atoms with Crippen LogP contribution in [-0.4, -0.2) is 68.3 Å². The Balaban J connectivity index is 1.45. The minimum atomic E-state index is -0.603. The van der Waals surface area contributed by atoms with Gasteiger partial charge < -0.3 is 24.6 Å². The lowest BCUT2D eigenvalue weighted by Gasteiger charge is -2.35. The number of rotatable bonds is 6. The van der Waals surface area contributed by atoms with Crippen LogP contribution in [0.3, 0.4) is 0 Å². The van der Waals surface area contributed by atoms with Crippen molar-refractivity contribution in [2.75, 3.05) is 56.7 Å². The normalized spacial score (nSPS) is 16.8. The smallest absolute Gasteiger partial charge is 0.255 e. The molecule has 2 saturated heterocycles. The van der Waals surface area contributed by atoms with E-state index in [9.17, 15) is 4.79 Å². The first-order valence-corrected chi connectivity index (χ1v) is 13.7. The van der Waals surface area contributed by atoms with E-state index in [1.807, 2.05) is 44.2 Å². The second kappa shape index (κ2) is 11.7. The fourth-order valence-electron chi connectivity index (χ4n) is 5.15. The summed E-state index contributed by atoms with van der Waals surface area (Å²) in [5, 5.41) is 3.13. The second-order valence-corrected chi connectivity index (χ2v) is 10.6. The molecular weight excluding hydrogens is 495 g/mol. The maximum atomic E-state index is 15.3. The van der Waals surface area contributed by atoms with Crippen LogP contribution in [0.15, 0.2) is 42.5 Å². The first kappa shape index (κ1) is 27.1. The SMILES string of the molecule is Cc1cc(C(=O)Nc2cc(-c3ccc(OC4CCOCC4)nc3F)ccc2N2CCN(C)CC2)cc(C)c1C. The number of aryl methyl sites for hydroxylation is 2. The number of likely N-dealkylation sites (N-methyl/N-ethyl adjacent to an activating group) is 1. The van der Waals surface area contributed by atoms with Crippen LogP contribution in [0.1, 0.15) is 39.9 Å². The second-order valence-electron chi connectivity index (χ2n) is 10.6. The number of ether oxygens (including phenoxy) is 2. The van der Waals surface area contributed by atoms with Crippen molar-refractivity contribution in [1.82, 2.24) is 9.88 Å². The van der Waals surface area contributed by atoms with E-state index in [4.69, 9.17) is 9.47 Å². The van der Waals surface area contributed by atoms with E-state index in [1.54, 1.807) is 12.1 Å². The van der Waals surface area contributed by atoms with Crippen molar-refractivity contribution in [3.05, 3.63) is 70.7 Å². The van der Waals surface area contributed by atoms with Crippen LogP contribution < -0.4 is 15.0 Å². The summed E-state index contributed by atoms with van der Waals surface area (Å²) in [4.78, 5) is 22.1. The van der Waals surface area contributed by atoms with E-state index in [-0.39, 0.29) is 17.9 Å². The summed E-state index contributed by atoms with van der Waals surface area (Å²) >= 11 is 0. The number of carbonyl (C=O) groups excluding carboxylic acids is 1. The molecule has 1 amide bonds. The molecule has 5 rings (SSSR count). The lowest BCUT2D eigenvalue weighted by atomic mass is 10.00. The zero-order chi connectivity index (χ0) is 27.5. The number of aromatic nitrogens is 1. The predicted molar refractivity (Wildman–Crippen MR) is 152 cm³/mol. The van der Waals surface area contributed by atoms with Gasteiger partial charge in [0.1, 0.15) is 6.10 Å². The van der Waals surface area contributed by atoms with Gasteiger partial charge in [0.15, 0.2) is 0 Å². The maximum Gasteiger partial charge on any atom is 0.255 e. The monoisotopic (exact) mass is 532 g/mol. The predicted octanol–water partition coefficient (Wildman–Crippen LogP) is 5.37. The molecule has 8 heteroatoms. The van der Waals surface area contributed by atoms with E-state index in [1.165, 1.54) is 5.56 Å². The van der Waals surface area contributed by atoms with E-state index in [0.29, 0.717) is 35.6 Å². The molecule has 2 aliphatic rings. The standard InChI is InChI=1S/C31H37FN4O3/c1-20-17-24(18-21(2)22(20)3)31(37)33-27-19-23(5-7-28(27)36-13-11-35(4)12-14-36)26-6-8-29(34-30(26)32)39-25-9-15-38-16-10-25/h5-8,17-19,25H,9-16H2,1-4H3,(H,33,37). The molecule has 0 radical (unpaired) electrons. The number of halogens is 1. The Kier molecular flexibility index (Phi) is 8.14. The van der Waals surface area contributed by atoms with Gasteiger partial charge in [-0.15, -0.1) is 0 Å². The van der Waals surface area contributed by atoms with Gasteiger partial charge >= 0.3 is 0 Å². The first-order valence-electron chi connectivity index (χ1n) is 13.7. The number of nitrogens with one attached hydrogen (secondary N) is 1. The zero-order valence-electron chi connectivity index (χ0n) is 23.2. The number of carbonyl (C=O) groups is 1. The van der Waals surface area contributed by atoms with Crippen LogP contribution in [0.2, 0.25) is 0 Å². The molecule has 206 valence electrons. The minimum Gasteiger partial charge on any atom is -0.474 e. The fourth-order valence-corrected chi connectivity index (χ4v) is 5.15. The Bertz CT molecular complexity index is 1320. The third-order valence-corrected chi connectivity index (χ3v) is 7.87. The van der Waals surface area contributed by atoms with Crippen LogP contribution in [-0.2, 0) is 4.74 Å². The molecule has 0 bridgehead atoms. The lowest BCUT2D eigenvalue weighted by molar-refractivity contribution is 0.0234. The molecule has 2 aromatic carbocycles. The molecule has 2 aliphatic heterocycles. The molecule has 0 spiro atoms. The number of hydrogen-bond donors (Lipinski definition) is 1. The summed E-state index contributed by atoms with van der Waals surface area (Å²) < 4.78 is 26.5. The molecule has 0 atom stereocenters. The van der Waals surface area contributed by atoms with E-state index in [0.717, 1.165) is 55.8 Å². The molecule has 3 heterocycles. The van der Waals surface area contributed by atoms with E-state index < -0.39 is 5.95 Å². The molecule has 2 fully saturated rings. The Morgan fingerprint density at radius 2 is 1.69 bits per heavy atom. The van der Waals surface area contributed by atoms with Gasteiger partial charge in [0.2, 0.25) is 11.8 Å². The summed E-state index contributed by atoms with van der Waals surface area (Å²) in [7, 11) is 2.11. The van der Waals surface area contributed by atoms with Crippen LogP contribution in [0.4, 0.5) is 15.8 Å². The van der Waals surface area contributed by atoms with Gasteiger partial charge in [-0.25, -0.2) is 0 Å². The number of benzene rings is 2. The fraction of sp³-hybridized carbons (Fsp3) is 0.419. The summed E-state index contributed by atoms with van der Waals surface area (Å²) in [5.74, 6) is -0.516. The van der Waals surface area contributed by atoms with E-state index in [2.05, 4.69) is 34.1 Å². The zero-order valence-corrected chi connectivity index (χ0v) is 23.2. The van der Waals surface area contributed by atoms with Gasteiger partial charge in [0.05, 0.1) is 24.6 Å². The van der Waals surface area contributed by atoms with Gasteiger partial charge in [-0.3, -0.25) is 4.79 Å². The van der Waals surface area contributed by atoms with Gasteiger partial charge in [-0.1, -0.05) is 6.07 Å². The summed E-state index contributed by atoms with van der Waals surface area (Å²) in [5.41, 5.74) is 6.51. The van der Waals surface area contributed by atoms with Gasteiger partial charge in [0.25, 0.3) is 5.91 Å². The number of nitrogens with zero attached hydrogens (tertiary/aromatic N) is 3. The molecule has 7 nitrogen and oxygen atoms in total. The number of piperazine rings is 1.